The van der Waals surface area contributed by atoms with E-state index in [4.69, 9.17) is 5.73 Å². The van der Waals surface area contributed by atoms with Crippen molar-refractivity contribution in [1.82, 2.24) is 10.6 Å². The molecule has 2 aliphatic rings. The molecule has 0 atom stereocenters. The first-order valence-corrected chi connectivity index (χ1v) is 7.42. The molecule has 0 saturated heterocycles. The number of amides is 2. The zero-order chi connectivity index (χ0) is 13.7. The minimum atomic E-state index is -0.306. The van der Waals surface area contributed by atoms with Crippen LogP contribution in [0.5, 0.6) is 0 Å². The molecule has 0 heterocycles. The third-order valence-electron chi connectivity index (χ3n) is 4.06. The van der Waals surface area contributed by atoms with E-state index in [1.807, 2.05) is 0 Å². The van der Waals surface area contributed by atoms with Crippen molar-refractivity contribution in [2.45, 2.75) is 56.9 Å². The molecule has 2 saturated carbocycles. The summed E-state index contributed by atoms with van der Waals surface area (Å²) in [6.07, 6.45) is 7.79. The Morgan fingerprint density at radius 2 is 1.68 bits per heavy atom. The Morgan fingerprint density at radius 1 is 1.05 bits per heavy atom. The second-order valence-corrected chi connectivity index (χ2v) is 6.02. The summed E-state index contributed by atoms with van der Waals surface area (Å²) in [6.45, 7) is 1.01. The summed E-state index contributed by atoms with van der Waals surface area (Å²) in [5, 5.41) is 5.66. The summed E-state index contributed by atoms with van der Waals surface area (Å²) >= 11 is 0. The van der Waals surface area contributed by atoms with Crippen LogP contribution in [0.1, 0.15) is 51.4 Å². The number of nitrogens with two attached hydrogens (primary N) is 1. The number of hydrogen-bond acceptors (Lipinski definition) is 3. The highest BCUT2D eigenvalue weighted by Crippen LogP contribution is 2.29. The molecule has 108 valence electrons. The fraction of sp³-hybridized carbons (Fsp3) is 0.857. The zero-order valence-electron chi connectivity index (χ0n) is 11.5. The van der Waals surface area contributed by atoms with Gasteiger partial charge in [-0.1, -0.05) is 19.3 Å². The fourth-order valence-electron chi connectivity index (χ4n) is 2.69. The molecule has 0 aromatic heterocycles. The van der Waals surface area contributed by atoms with Gasteiger partial charge in [-0.3, -0.25) is 9.59 Å². The zero-order valence-corrected chi connectivity index (χ0v) is 11.5. The topological polar surface area (TPSA) is 84.2 Å². The third kappa shape index (κ3) is 4.82. The smallest absolute Gasteiger partial charge is 0.223 e. The highest BCUT2D eigenvalue weighted by Gasteiger charge is 2.30. The average Bonchev–Trinajstić information content (AvgIpc) is 3.19. The molecule has 0 bridgehead atoms. The van der Waals surface area contributed by atoms with Crippen molar-refractivity contribution in [2.24, 2.45) is 11.7 Å². The van der Waals surface area contributed by atoms with Crippen LogP contribution in [-0.2, 0) is 9.59 Å². The molecule has 0 unspecified atom stereocenters. The van der Waals surface area contributed by atoms with Crippen molar-refractivity contribution in [2.75, 3.05) is 13.1 Å². The van der Waals surface area contributed by atoms with Gasteiger partial charge in [0.1, 0.15) is 0 Å². The van der Waals surface area contributed by atoms with Gasteiger partial charge in [-0.2, -0.15) is 0 Å². The molecule has 0 aromatic carbocycles. The van der Waals surface area contributed by atoms with Crippen molar-refractivity contribution in [3.05, 3.63) is 0 Å². The summed E-state index contributed by atoms with van der Waals surface area (Å²) in [5.74, 6) is 0.354. The second kappa shape index (κ2) is 6.37. The van der Waals surface area contributed by atoms with E-state index in [-0.39, 0.29) is 23.3 Å². The molecular weight excluding hydrogens is 242 g/mol. The van der Waals surface area contributed by atoms with Gasteiger partial charge in [-0.05, 0) is 25.7 Å². The standard InChI is InChI=1S/C14H25N3O2/c15-14(6-2-1-3-7-14)10-12(18)16-8-9-17-13(19)11-4-5-11/h11H,1-10,15H2,(H,16,18)(H,17,19). The van der Waals surface area contributed by atoms with Gasteiger partial charge in [-0.15, -0.1) is 0 Å². The van der Waals surface area contributed by atoms with Crippen LogP contribution in [0, 0.1) is 5.92 Å². The van der Waals surface area contributed by atoms with Crippen molar-refractivity contribution in [3.8, 4) is 0 Å². The maximum atomic E-state index is 11.8. The van der Waals surface area contributed by atoms with Crippen LogP contribution >= 0.6 is 0 Å². The van der Waals surface area contributed by atoms with E-state index in [0.29, 0.717) is 19.5 Å². The van der Waals surface area contributed by atoms with Crippen LogP contribution in [0.15, 0.2) is 0 Å². The van der Waals surface area contributed by atoms with E-state index < -0.39 is 0 Å². The minimum absolute atomic E-state index is 0.00470. The Morgan fingerprint density at radius 3 is 2.32 bits per heavy atom. The first kappa shape index (κ1) is 14.3. The molecular formula is C14H25N3O2. The van der Waals surface area contributed by atoms with Gasteiger partial charge >= 0.3 is 0 Å². The normalized spacial score (nSPS) is 21.7. The maximum absolute atomic E-state index is 11.8. The Kier molecular flexibility index (Phi) is 4.80. The monoisotopic (exact) mass is 267 g/mol. The van der Waals surface area contributed by atoms with Crippen molar-refractivity contribution in [3.63, 3.8) is 0 Å². The van der Waals surface area contributed by atoms with Gasteiger partial charge in [-0.25, -0.2) is 0 Å². The summed E-state index contributed by atoms with van der Waals surface area (Å²) in [5.41, 5.74) is 5.92. The number of nitrogens with one attached hydrogen (secondary N) is 2. The quantitative estimate of drug-likeness (QED) is 0.619. The Labute approximate surface area is 114 Å². The van der Waals surface area contributed by atoms with Crippen molar-refractivity contribution in [1.29, 1.82) is 0 Å². The lowest BCUT2D eigenvalue weighted by molar-refractivity contribution is -0.124. The molecule has 2 amide bonds. The number of rotatable bonds is 6. The summed E-state index contributed by atoms with van der Waals surface area (Å²) in [6, 6.07) is 0. The predicted molar refractivity (Wildman–Crippen MR) is 73.4 cm³/mol. The minimum Gasteiger partial charge on any atom is -0.354 e. The molecule has 0 radical (unpaired) electrons. The first-order valence-electron chi connectivity index (χ1n) is 7.42. The molecule has 0 aliphatic heterocycles. The number of carbonyl (C=O) groups is 2. The van der Waals surface area contributed by atoms with E-state index in [9.17, 15) is 9.59 Å². The predicted octanol–water partition coefficient (Wildman–Crippen LogP) is 0.680. The van der Waals surface area contributed by atoms with E-state index >= 15 is 0 Å². The van der Waals surface area contributed by atoms with E-state index in [2.05, 4.69) is 10.6 Å². The van der Waals surface area contributed by atoms with E-state index in [1.54, 1.807) is 0 Å². The van der Waals surface area contributed by atoms with Gasteiger partial charge < -0.3 is 16.4 Å². The average molecular weight is 267 g/mol. The lowest BCUT2D eigenvalue weighted by Gasteiger charge is -2.32. The summed E-state index contributed by atoms with van der Waals surface area (Å²) in [7, 11) is 0. The van der Waals surface area contributed by atoms with Crippen molar-refractivity contribution < 1.29 is 9.59 Å². The summed E-state index contributed by atoms with van der Waals surface area (Å²) < 4.78 is 0. The Balaban J connectivity index is 1.57. The molecule has 4 N–H and O–H groups in total. The summed E-state index contributed by atoms with van der Waals surface area (Å²) in [4.78, 5) is 23.2. The third-order valence-corrected chi connectivity index (χ3v) is 4.06. The molecule has 2 rings (SSSR count). The van der Waals surface area contributed by atoms with Crippen LogP contribution in [0.25, 0.3) is 0 Å². The van der Waals surface area contributed by atoms with Gasteiger partial charge in [0.05, 0.1) is 0 Å². The molecule has 2 fully saturated rings. The fourth-order valence-corrected chi connectivity index (χ4v) is 2.69. The van der Waals surface area contributed by atoms with Crippen LogP contribution in [0.4, 0.5) is 0 Å². The molecule has 0 aromatic rings. The van der Waals surface area contributed by atoms with Gasteiger partial charge in [0.15, 0.2) is 0 Å². The second-order valence-electron chi connectivity index (χ2n) is 6.02. The molecule has 2 aliphatic carbocycles. The SMILES string of the molecule is NC1(CC(=O)NCCNC(=O)C2CC2)CCCCC1. The molecule has 0 spiro atoms. The Hall–Kier alpha value is -1.10. The lowest BCUT2D eigenvalue weighted by Crippen LogP contribution is -2.46. The van der Waals surface area contributed by atoms with Crippen LogP contribution in [-0.4, -0.2) is 30.4 Å². The number of carbonyl (C=O) groups excluding carboxylic acids is 2. The van der Waals surface area contributed by atoms with Crippen LogP contribution < -0.4 is 16.4 Å². The highest BCUT2D eigenvalue weighted by atomic mass is 16.2. The van der Waals surface area contributed by atoms with E-state index in [0.717, 1.165) is 38.5 Å². The largest absolute Gasteiger partial charge is 0.354 e. The highest BCUT2D eigenvalue weighted by molar-refractivity contribution is 5.81. The van der Waals surface area contributed by atoms with E-state index in [1.165, 1.54) is 6.42 Å². The van der Waals surface area contributed by atoms with Crippen LogP contribution in [0.3, 0.4) is 0 Å². The van der Waals surface area contributed by atoms with Gasteiger partial charge in [0.2, 0.25) is 11.8 Å². The number of hydrogen-bond donors (Lipinski definition) is 3. The van der Waals surface area contributed by atoms with Gasteiger partial charge in [0.25, 0.3) is 0 Å². The molecule has 19 heavy (non-hydrogen) atoms. The van der Waals surface area contributed by atoms with Gasteiger partial charge in [0, 0.05) is 31.0 Å². The maximum Gasteiger partial charge on any atom is 0.223 e. The lowest BCUT2D eigenvalue weighted by atomic mass is 9.80. The molecule has 5 heteroatoms. The van der Waals surface area contributed by atoms with Crippen molar-refractivity contribution >= 4 is 11.8 Å². The van der Waals surface area contributed by atoms with Crippen LogP contribution in [0.2, 0.25) is 0 Å². The Bertz CT molecular complexity index is 334. The first-order chi connectivity index (χ1) is 9.09. The molecule has 5 nitrogen and oxygen atoms in total.